The molecule has 8 heteroatoms. The quantitative estimate of drug-likeness (QED) is 0.496. The van der Waals surface area contributed by atoms with Crippen molar-refractivity contribution in [2.75, 3.05) is 6.61 Å². The van der Waals surface area contributed by atoms with Gasteiger partial charge in [-0.1, -0.05) is 42.5 Å². The average molecular weight is 455 g/mol. The van der Waals surface area contributed by atoms with Gasteiger partial charge in [0.05, 0.1) is 24.7 Å². The highest BCUT2D eigenvalue weighted by Crippen LogP contribution is 2.56. The first-order valence-electron chi connectivity index (χ1n) is 11.8. The van der Waals surface area contributed by atoms with Gasteiger partial charge < -0.3 is 24.8 Å². The van der Waals surface area contributed by atoms with Gasteiger partial charge in [0.2, 0.25) is 11.8 Å². The Labute approximate surface area is 192 Å². The maximum Gasteiger partial charge on any atom is 0.312 e. The van der Waals surface area contributed by atoms with E-state index in [2.05, 4.69) is 5.32 Å². The third kappa shape index (κ3) is 3.56. The number of benzene rings is 1. The standard InChI is InChI=1S/C25H30N2O6/c1-2-32-24(31)19-18-12-13-25(33-18)20(19)23(30)27(16-8-10-17(28)11-9-16)21(25)22(29)26-14-15-6-4-3-5-7-15/h3-7,12-13,16-21,28H,2,8-11,14H2,1H3,(H,26,29). The molecule has 1 aromatic rings. The number of aliphatic hydroxyl groups is 1. The van der Waals surface area contributed by atoms with Crippen molar-refractivity contribution in [3.63, 3.8) is 0 Å². The molecular weight excluding hydrogens is 424 g/mol. The SMILES string of the molecule is CCOC(=O)C1C2C=CC3(O2)C1C(=O)N(C1CCC(O)CC1)C3C(=O)NCc1ccccc1. The molecule has 1 spiro atoms. The Bertz CT molecular complexity index is 957. The van der Waals surface area contributed by atoms with Crippen LogP contribution in [-0.4, -0.2) is 64.3 Å². The summed E-state index contributed by atoms with van der Waals surface area (Å²) in [7, 11) is 0. The van der Waals surface area contributed by atoms with Crippen LogP contribution in [0.5, 0.6) is 0 Å². The Kier molecular flexibility index (Phi) is 5.74. The van der Waals surface area contributed by atoms with Crippen molar-refractivity contribution in [1.29, 1.82) is 0 Å². The molecule has 1 aliphatic carbocycles. The molecule has 1 saturated carbocycles. The van der Waals surface area contributed by atoms with Gasteiger partial charge in [0.15, 0.2) is 0 Å². The zero-order valence-corrected chi connectivity index (χ0v) is 18.7. The molecule has 5 atom stereocenters. The third-order valence-electron chi connectivity index (χ3n) is 7.49. The molecule has 3 aliphatic heterocycles. The van der Waals surface area contributed by atoms with E-state index in [4.69, 9.17) is 9.47 Å². The molecule has 176 valence electrons. The molecule has 5 rings (SSSR count). The third-order valence-corrected chi connectivity index (χ3v) is 7.49. The number of rotatable bonds is 6. The van der Waals surface area contributed by atoms with E-state index in [-0.39, 0.29) is 30.6 Å². The number of fused-ring (bicyclic) bond motifs is 1. The Balaban J connectivity index is 1.47. The van der Waals surface area contributed by atoms with Crippen molar-refractivity contribution in [2.24, 2.45) is 11.8 Å². The fourth-order valence-corrected chi connectivity index (χ4v) is 6.03. The van der Waals surface area contributed by atoms with Crippen molar-refractivity contribution in [3.8, 4) is 0 Å². The van der Waals surface area contributed by atoms with E-state index in [1.807, 2.05) is 30.3 Å². The number of aliphatic hydroxyl groups excluding tert-OH is 1. The van der Waals surface area contributed by atoms with Gasteiger partial charge in [0.1, 0.15) is 17.6 Å². The number of carbonyl (C=O) groups excluding carboxylic acids is 3. The molecule has 1 aromatic carbocycles. The highest BCUT2D eigenvalue weighted by molar-refractivity contribution is 5.99. The summed E-state index contributed by atoms with van der Waals surface area (Å²) in [5.74, 6) is -2.54. The summed E-state index contributed by atoms with van der Waals surface area (Å²) in [4.78, 5) is 41.9. The van der Waals surface area contributed by atoms with Crippen LogP contribution in [0.15, 0.2) is 42.5 Å². The summed E-state index contributed by atoms with van der Waals surface area (Å²) < 4.78 is 11.5. The molecule has 0 aromatic heterocycles. The highest BCUT2D eigenvalue weighted by atomic mass is 16.6. The minimum Gasteiger partial charge on any atom is -0.466 e. The molecule has 2 amide bonds. The number of likely N-dealkylation sites (tertiary alicyclic amines) is 1. The number of esters is 1. The summed E-state index contributed by atoms with van der Waals surface area (Å²) >= 11 is 0. The van der Waals surface area contributed by atoms with E-state index in [1.54, 1.807) is 24.0 Å². The second kappa shape index (κ2) is 8.57. The second-order valence-corrected chi connectivity index (χ2v) is 9.36. The number of hydrogen-bond donors (Lipinski definition) is 2. The summed E-state index contributed by atoms with van der Waals surface area (Å²) in [5, 5.41) is 13.0. The molecule has 8 nitrogen and oxygen atoms in total. The lowest BCUT2D eigenvalue weighted by Gasteiger charge is -2.39. The first-order chi connectivity index (χ1) is 16.0. The lowest BCUT2D eigenvalue weighted by Crippen LogP contribution is -2.57. The monoisotopic (exact) mass is 454 g/mol. The van der Waals surface area contributed by atoms with E-state index in [1.165, 1.54) is 0 Å². The molecule has 3 heterocycles. The normalized spacial score (nSPS) is 36.7. The highest BCUT2D eigenvalue weighted by Gasteiger charge is 2.73. The molecule has 3 fully saturated rings. The molecule has 5 unspecified atom stereocenters. The van der Waals surface area contributed by atoms with E-state index in [0.717, 1.165) is 5.56 Å². The Hall–Kier alpha value is -2.71. The van der Waals surface area contributed by atoms with Crippen LogP contribution in [0.25, 0.3) is 0 Å². The van der Waals surface area contributed by atoms with Crippen LogP contribution in [0.4, 0.5) is 0 Å². The molecular formula is C25H30N2O6. The van der Waals surface area contributed by atoms with Gasteiger partial charge in [0.25, 0.3) is 0 Å². The minimum absolute atomic E-state index is 0.188. The first-order valence-corrected chi connectivity index (χ1v) is 11.8. The first kappa shape index (κ1) is 22.1. The van der Waals surface area contributed by atoms with E-state index >= 15 is 0 Å². The molecule has 4 aliphatic rings. The number of amides is 2. The smallest absolute Gasteiger partial charge is 0.312 e. The van der Waals surface area contributed by atoms with Gasteiger partial charge in [-0.3, -0.25) is 14.4 Å². The Morgan fingerprint density at radius 2 is 1.94 bits per heavy atom. The molecule has 33 heavy (non-hydrogen) atoms. The zero-order valence-electron chi connectivity index (χ0n) is 18.7. The fraction of sp³-hybridized carbons (Fsp3) is 0.560. The predicted octanol–water partition coefficient (Wildman–Crippen LogP) is 1.32. The lowest BCUT2D eigenvalue weighted by molar-refractivity contribution is -0.154. The fourth-order valence-electron chi connectivity index (χ4n) is 6.03. The summed E-state index contributed by atoms with van der Waals surface area (Å²) in [5.41, 5.74) is -0.233. The van der Waals surface area contributed by atoms with Crippen molar-refractivity contribution in [3.05, 3.63) is 48.0 Å². The lowest BCUT2D eigenvalue weighted by atomic mass is 9.74. The van der Waals surface area contributed by atoms with Crippen molar-refractivity contribution < 1.29 is 29.0 Å². The van der Waals surface area contributed by atoms with E-state index < -0.39 is 35.6 Å². The number of nitrogens with zero attached hydrogens (tertiary/aromatic N) is 1. The number of nitrogens with one attached hydrogen (secondary N) is 1. The summed E-state index contributed by atoms with van der Waals surface area (Å²) in [6.45, 7) is 2.27. The Morgan fingerprint density at radius 1 is 1.21 bits per heavy atom. The maximum absolute atomic E-state index is 13.8. The van der Waals surface area contributed by atoms with Crippen molar-refractivity contribution in [2.45, 2.75) is 69.0 Å². The van der Waals surface area contributed by atoms with Crippen LogP contribution < -0.4 is 5.32 Å². The van der Waals surface area contributed by atoms with Gasteiger partial charge in [-0.15, -0.1) is 0 Å². The molecule has 2 bridgehead atoms. The largest absolute Gasteiger partial charge is 0.466 e. The van der Waals surface area contributed by atoms with Gasteiger partial charge >= 0.3 is 5.97 Å². The van der Waals surface area contributed by atoms with Gasteiger partial charge in [-0.05, 0) is 38.2 Å². The zero-order chi connectivity index (χ0) is 23.2. The second-order valence-electron chi connectivity index (χ2n) is 9.36. The maximum atomic E-state index is 13.8. The number of hydrogen-bond acceptors (Lipinski definition) is 6. The predicted molar refractivity (Wildman–Crippen MR) is 118 cm³/mol. The average Bonchev–Trinajstić information content (AvgIpc) is 3.46. The van der Waals surface area contributed by atoms with Crippen LogP contribution in [-0.2, 0) is 30.4 Å². The number of ether oxygens (including phenoxy) is 2. The van der Waals surface area contributed by atoms with Crippen LogP contribution >= 0.6 is 0 Å². The van der Waals surface area contributed by atoms with Crippen LogP contribution in [0.2, 0.25) is 0 Å². The summed E-state index contributed by atoms with van der Waals surface area (Å²) in [6, 6.07) is 8.51. The van der Waals surface area contributed by atoms with Gasteiger partial charge in [-0.2, -0.15) is 0 Å². The summed E-state index contributed by atoms with van der Waals surface area (Å²) in [6.07, 6.45) is 5.00. The Morgan fingerprint density at radius 3 is 2.64 bits per heavy atom. The van der Waals surface area contributed by atoms with Crippen LogP contribution in [0.3, 0.4) is 0 Å². The minimum atomic E-state index is -1.18. The van der Waals surface area contributed by atoms with Gasteiger partial charge in [-0.25, -0.2) is 0 Å². The molecule has 0 radical (unpaired) electrons. The van der Waals surface area contributed by atoms with E-state index in [9.17, 15) is 19.5 Å². The van der Waals surface area contributed by atoms with Crippen LogP contribution in [0, 0.1) is 11.8 Å². The molecule has 2 saturated heterocycles. The van der Waals surface area contributed by atoms with Crippen LogP contribution in [0.1, 0.15) is 38.2 Å². The van der Waals surface area contributed by atoms with E-state index in [0.29, 0.717) is 32.2 Å². The topological polar surface area (TPSA) is 105 Å². The van der Waals surface area contributed by atoms with Gasteiger partial charge in [0, 0.05) is 12.6 Å². The van der Waals surface area contributed by atoms with Crippen molar-refractivity contribution >= 4 is 17.8 Å². The van der Waals surface area contributed by atoms with Crippen molar-refractivity contribution in [1.82, 2.24) is 10.2 Å². The molecule has 2 N–H and O–H groups in total. The number of carbonyl (C=O) groups is 3.